The molecular formula is C24H44O7Si. The standard InChI is InChI=1S/C24H44O7Si/c1-22(2,3)32(9,10)27-16-18-21(31-24(6,7)29-18)20-17(28-23(4,5)30-20)14-12-11-13-15-19(25)26-8/h12,14,17-18,20-21H,11,13,15-16H2,1-10H3/b14-12-/t17-,18+,20+,21-/m0/s1. The summed E-state index contributed by atoms with van der Waals surface area (Å²) in [6.45, 7) is 19.3. The Morgan fingerprint density at radius 3 is 2.19 bits per heavy atom. The molecule has 0 aromatic heterocycles. The molecule has 2 aliphatic rings. The van der Waals surface area contributed by atoms with Gasteiger partial charge in [0, 0.05) is 6.42 Å². The minimum absolute atomic E-state index is 0.113. The van der Waals surface area contributed by atoms with E-state index in [0.29, 0.717) is 13.0 Å². The molecule has 2 aliphatic heterocycles. The van der Waals surface area contributed by atoms with Crippen LogP contribution in [0.1, 0.15) is 67.7 Å². The van der Waals surface area contributed by atoms with Crippen LogP contribution in [0.25, 0.3) is 0 Å². The number of rotatable bonds is 9. The Bertz CT molecular complexity index is 666. The average molecular weight is 473 g/mol. The first kappa shape index (κ1) is 27.5. The van der Waals surface area contributed by atoms with E-state index in [1.165, 1.54) is 7.11 Å². The fraction of sp³-hybridized carbons (Fsp3) is 0.875. The number of ether oxygens (including phenoxy) is 5. The van der Waals surface area contributed by atoms with Gasteiger partial charge in [0.2, 0.25) is 0 Å². The number of methoxy groups -OCH3 is 1. The van der Waals surface area contributed by atoms with Crippen molar-refractivity contribution in [2.24, 2.45) is 0 Å². The number of carbonyl (C=O) groups excluding carboxylic acids is 1. The van der Waals surface area contributed by atoms with Crippen LogP contribution in [0.3, 0.4) is 0 Å². The van der Waals surface area contributed by atoms with Crippen molar-refractivity contribution >= 4 is 14.3 Å². The lowest BCUT2D eigenvalue weighted by molar-refractivity contribution is -0.175. The monoisotopic (exact) mass is 472 g/mol. The van der Waals surface area contributed by atoms with Gasteiger partial charge in [-0.3, -0.25) is 4.79 Å². The second kappa shape index (κ2) is 10.2. The zero-order valence-electron chi connectivity index (χ0n) is 21.7. The molecule has 7 nitrogen and oxygen atoms in total. The third kappa shape index (κ3) is 7.37. The third-order valence-electron chi connectivity index (χ3n) is 6.43. The molecule has 2 heterocycles. The lowest BCUT2D eigenvalue weighted by Gasteiger charge is -2.37. The lowest BCUT2D eigenvalue weighted by atomic mass is 10.0. The number of hydrogen-bond donors (Lipinski definition) is 0. The molecule has 0 amide bonds. The predicted molar refractivity (Wildman–Crippen MR) is 126 cm³/mol. The van der Waals surface area contributed by atoms with Crippen molar-refractivity contribution in [3.63, 3.8) is 0 Å². The highest BCUT2D eigenvalue weighted by Gasteiger charge is 2.53. The molecule has 186 valence electrons. The zero-order valence-corrected chi connectivity index (χ0v) is 22.7. The number of allylic oxidation sites excluding steroid dienone is 1. The number of carbonyl (C=O) groups is 1. The summed E-state index contributed by atoms with van der Waals surface area (Å²) >= 11 is 0. The van der Waals surface area contributed by atoms with Crippen LogP contribution < -0.4 is 0 Å². The first-order chi connectivity index (χ1) is 14.6. The minimum Gasteiger partial charge on any atom is -0.469 e. The van der Waals surface area contributed by atoms with Gasteiger partial charge < -0.3 is 28.1 Å². The molecule has 0 aliphatic carbocycles. The number of esters is 1. The van der Waals surface area contributed by atoms with Gasteiger partial charge in [-0.25, -0.2) is 0 Å². The van der Waals surface area contributed by atoms with Gasteiger partial charge in [-0.2, -0.15) is 0 Å². The molecule has 4 atom stereocenters. The van der Waals surface area contributed by atoms with E-state index in [1.54, 1.807) is 0 Å². The largest absolute Gasteiger partial charge is 0.469 e. The molecule has 2 rings (SSSR count). The van der Waals surface area contributed by atoms with E-state index in [9.17, 15) is 4.79 Å². The van der Waals surface area contributed by atoms with Crippen molar-refractivity contribution in [2.45, 2.75) is 122 Å². The quantitative estimate of drug-likeness (QED) is 0.203. The van der Waals surface area contributed by atoms with Crippen molar-refractivity contribution in [1.29, 1.82) is 0 Å². The summed E-state index contributed by atoms with van der Waals surface area (Å²) in [4.78, 5) is 11.3. The first-order valence-corrected chi connectivity index (χ1v) is 14.6. The van der Waals surface area contributed by atoms with Crippen LogP contribution in [-0.2, 0) is 32.9 Å². The summed E-state index contributed by atoms with van der Waals surface area (Å²) in [5.41, 5.74) is 0. The molecule has 0 N–H and O–H groups in total. The second-order valence-electron chi connectivity index (χ2n) is 11.2. The van der Waals surface area contributed by atoms with Crippen LogP contribution in [0.5, 0.6) is 0 Å². The second-order valence-corrected chi connectivity index (χ2v) is 16.0. The molecule has 32 heavy (non-hydrogen) atoms. The van der Waals surface area contributed by atoms with E-state index in [4.69, 9.17) is 28.1 Å². The van der Waals surface area contributed by atoms with Gasteiger partial charge in [0.15, 0.2) is 19.9 Å². The molecule has 2 fully saturated rings. The molecule has 8 heteroatoms. The molecule has 0 radical (unpaired) electrons. The van der Waals surface area contributed by atoms with Gasteiger partial charge in [0.25, 0.3) is 0 Å². The van der Waals surface area contributed by atoms with Crippen molar-refractivity contribution in [3.05, 3.63) is 12.2 Å². The van der Waals surface area contributed by atoms with Crippen LogP contribution in [0.2, 0.25) is 18.1 Å². The molecular weight excluding hydrogens is 428 g/mol. The summed E-state index contributed by atoms with van der Waals surface area (Å²) in [7, 11) is -0.528. The maximum Gasteiger partial charge on any atom is 0.305 e. The average Bonchev–Trinajstić information content (AvgIpc) is 3.13. The smallest absolute Gasteiger partial charge is 0.305 e. The Kier molecular flexibility index (Phi) is 8.79. The molecule has 0 saturated carbocycles. The maximum absolute atomic E-state index is 11.3. The normalized spacial score (nSPS) is 30.2. The first-order valence-electron chi connectivity index (χ1n) is 11.7. The zero-order chi connectivity index (χ0) is 24.4. The molecule has 0 bridgehead atoms. The topological polar surface area (TPSA) is 72.5 Å². The van der Waals surface area contributed by atoms with Crippen molar-refractivity contribution in [3.8, 4) is 0 Å². The fourth-order valence-electron chi connectivity index (χ4n) is 3.69. The highest BCUT2D eigenvalue weighted by Crippen LogP contribution is 2.41. The Morgan fingerprint density at radius 2 is 1.59 bits per heavy atom. The molecule has 0 aromatic rings. The summed E-state index contributed by atoms with van der Waals surface area (Å²) in [6.07, 6.45) is 4.76. The molecule has 2 saturated heterocycles. The van der Waals surface area contributed by atoms with Gasteiger partial charge in [0.05, 0.1) is 13.7 Å². The SMILES string of the molecule is COC(=O)CCC/C=C\[C@@H]1OC(C)(C)O[C@H]1[C@H]1OC(C)(C)O[C@@H]1CO[Si](C)(C)C(C)(C)C. The van der Waals surface area contributed by atoms with Gasteiger partial charge in [-0.15, -0.1) is 0 Å². The Labute approximate surface area is 195 Å². The van der Waals surface area contributed by atoms with E-state index in [1.807, 2.05) is 39.8 Å². The fourth-order valence-corrected chi connectivity index (χ4v) is 4.71. The molecule has 0 spiro atoms. The van der Waals surface area contributed by atoms with E-state index in [-0.39, 0.29) is 35.4 Å². The molecule has 0 unspecified atom stereocenters. The van der Waals surface area contributed by atoms with E-state index >= 15 is 0 Å². The number of hydrogen-bond acceptors (Lipinski definition) is 7. The van der Waals surface area contributed by atoms with Crippen molar-refractivity contribution in [1.82, 2.24) is 0 Å². The summed E-state index contributed by atoms with van der Waals surface area (Å²) in [5, 5.41) is 0.113. The highest BCUT2D eigenvalue weighted by atomic mass is 28.4. The summed E-state index contributed by atoms with van der Waals surface area (Å²) in [5.74, 6) is -1.65. The van der Waals surface area contributed by atoms with Crippen molar-refractivity contribution in [2.75, 3.05) is 13.7 Å². The van der Waals surface area contributed by atoms with Gasteiger partial charge in [-0.05, 0) is 58.7 Å². The summed E-state index contributed by atoms with van der Waals surface area (Å²) < 4.78 is 36.2. The predicted octanol–water partition coefficient (Wildman–Crippen LogP) is 4.95. The minimum atomic E-state index is -1.94. The Morgan fingerprint density at radius 1 is 1.00 bits per heavy atom. The van der Waals surface area contributed by atoms with E-state index < -0.39 is 19.9 Å². The summed E-state index contributed by atoms with van der Waals surface area (Å²) in [6, 6.07) is 0. The van der Waals surface area contributed by atoms with Crippen LogP contribution in [0.15, 0.2) is 12.2 Å². The van der Waals surface area contributed by atoms with Gasteiger partial charge in [0.1, 0.15) is 24.4 Å². The van der Waals surface area contributed by atoms with E-state index in [2.05, 4.69) is 33.9 Å². The molecule has 0 aromatic carbocycles. The van der Waals surface area contributed by atoms with Gasteiger partial charge in [-0.1, -0.05) is 32.9 Å². The highest BCUT2D eigenvalue weighted by molar-refractivity contribution is 6.74. The number of unbranched alkanes of at least 4 members (excludes halogenated alkanes) is 1. The Hall–Kier alpha value is -0.773. The van der Waals surface area contributed by atoms with Crippen molar-refractivity contribution < 1.29 is 32.9 Å². The maximum atomic E-state index is 11.3. The Balaban J connectivity index is 2.10. The third-order valence-corrected chi connectivity index (χ3v) is 10.9. The van der Waals surface area contributed by atoms with Crippen LogP contribution in [0, 0.1) is 0 Å². The lowest BCUT2D eigenvalue weighted by Crippen LogP contribution is -2.47. The van der Waals surface area contributed by atoms with Crippen LogP contribution in [0.4, 0.5) is 0 Å². The van der Waals surface area contributed by atoms with E-state index in [0.717, 1.165) is 12.8 Å². The van der Waals surface area contributed by atoms with Crippen LogP contribution >= 0.6 is 0 Å². The van der Waals surface area contributed by atoms with Crippen LogP contribution in [-0.4, -0.2) is 64.0 Å². The van der Waals surface area contributed by atoms with Gasteiger partial charge >= 0.3 is 5.97 Å².